The van der Waals surface area contributed by atoms with Crippen LogP contribution in [0.3, 0.4) is 0 Å². The lowest BCUT2D eigenvalue weighted by Crippen LogP contribution is -2.35. The predicted molar refractivity (Wildman–Crippen MR) is 117 cm³/mol. The number of amides is 2. The molecule has 0 aliphatic heterocycles. The minimum Gasteiger partial charge on any atom is -0.492 e. The summed E-state index contributed by atoms with van der Waals surface area (Å²) in [6.07, 6.45) is 0.149. The van der Waals surface area contributed by atoms with Crippen LogP contribution in [0.25, 0.3) is 10.8 Å². The Hall–Kier alpha value is -3.87. The van der Waals surface area contributed by atoms with E-state index in [0.29, 0.717) is 12.4 Å². The summed E-state index contributed by atoms with van der Waals surface area (Å²) in [7, 11) is 0. The molecule has 7 nitrogen and oxygen atoms in total. The van der Waals surface area contributed by atoms with Crippen molar-refractivity contribution in [2.24, 2.45) is 0 Å². The number of para-hydroxylation sites is 1. The first kappa shape index (κ1) is 21.8. The van der Waals surface area contributed by atoms with E-state index >= 15 is 0 Å². The molecule has 0 unspecified atom stereocenters. The van der Waals surface area contributed by atoms with Gasteiger partial charge in [0.05, 0.1) is 13.0 Å². The first-order chi connectivity index (χ1) is 15.1. The van der Waals surface area contributed by atoms with E-state index in [1.54, 1.807) is 0 Å². The SMILES string of the molecule is O=C(COC(=O)CNC(=O)Cc1cccc2ccccc12)NCCOc1ccccc1. The third-order valence-electron chi connectivity index (χ3n) is 4.46. The summed E-state index contributed by atoms with van der Waals surface area (Å²) < 4.78 is 10.3. The quantitative estimate of drug-likeness (QED) is 0.388. The van der Waals surface area contributed by atoms with Crippen molar-refractivity contribution in [2.45, 2.75) is 6.42 Å². The van der Waals surface area contributed by atoms with E-state index < -0.39 is 18.5 Å². The Morgan fingerprint density at radius 1 is 0.774 bits per heavy atom. The number of fused-ring (bicyclic) bond motifs is 1. The maximum atomic E-state index is 12.2. The maximum absolute atomic E-state index is 12.2. The van der Waals surface area contributed by atoms with Gasteiger partial charge in [0.15, 0.2) is 6.61 Å². The molecular weight excluding hydrogens is 396 g/mol. The molecule has 0 saturated carbocycles. The van der Waals surface area contributed by atoms with Gasteiger partial charge >= 0.3 is 5.97 Å². The normalized spacial score (nSPS) is 10.3. The molecule has 0 aromatic heterocycles. The minimum atomic E-state index is -0.679. The second kappa shape index (κ2) is 11.3. The number of ether oxygens (including phenoxy) is 2. The number of carbonyl (C=O) groups is 3. The van der Waals surface area contributed by atoms with E-state index in [0.717, 1.165) is 16.3 Å². The van der Waals surface area contributed by atoms with Crippen LogP contribution in [0.1, 0.15) is 5.56 Å². The zero-order chi connectivity index (χ0) is 21.9. The van der Waals surface area contributed by atoms with E-state index in [2.05, 4.69) is 10.6 Å². The summed E-state index contributed by atoms with van der Waals surface area (Å²) in [4.78, 5) is 35.7. The van der Waals surface area contributed by atoms with Crippen molar-refractivity contribution in [3.05, 3.63) is 78.4 Å². The standard InChI is InChI=1S/C24H24N2O5/c27-22(15-19-9-6-8-18-7-4-5-12-21(18)19)26-16-24(29)31-17-23(28)25-13-14-30-20-10-2-1-3-11-20/h1-12H,13-17H2,(H,25,28)(H,26,27). The van der Waals surface area contributed by atoms with Crippen LogP contribution in [0.2, 0.25) is 0 Å². The lowest BCUT2D eigenvalue weighted by atomic mass is 10.0. The zero-order valence-electron chi connectivity index (χ0n) is 17.0. The second-order valence-electron chi connectivity index (χ2n) is 6.76. The smallest absolute Gasteiger partial charge is 0.325 e. The summed E-state index contributed by atoms with van der Waals surface area (Å²) in [6, 6.07) is 22.8. The van der Waals surface area contributed by atoms with Gasteiger partial charge in [-0.2, -0.15) is 0 Å². The van der Waals surface area contributed by atoms with E-state index in [4.69, 9.17) is 9.47 Å². The Morgan fingerprint density at radius 2 is 1.52 bits per heavy atom. The summed E-state index contributed by atoms with van der Waals surface area (Å²) in [6.45, 7) is -0.127. The van der Waals surface area contributed by atoms with Gasteiger partial charge in [-0.3, -0.25) is 14.4 Å². The highest BCUT2D eigenvalue weighted by atomic mass is 16.5. The zero-order valence-corrected chi connectivity index (χ0v) is 17.0. The summed E-state index contributed by atoms with van der Waals surface area (Å²) >= 11 is 0. The van der Waals surface area contributed by atoms with Gasteiger partial charge in [0.25, 0.3) is 5.91 Å². The molecule has 7 heteroatoms. The molecule has 0 fully saturated rings. The van der Waals surface area contributed by atoms with Crippen molar-refractivity contribution in [1.29, 1.82) is 0 Å². The van der Waals surface area contributed by atoms with E-state index in [1.165, 1.54) is 0 Å². The fourth-order valence-corrected chi connectivity index (χ4v) is 2.98. The second-order valence-corrected chi connectivity index (χ2v) is 6.76. The molecule has 31 heavy (non-hydrogen) atoms. The molecular formula is C24H24N2O5. The van der Waals surface area contributed by atoms with E-state index in [9.17, 15) is 14.4 Å². The molecule has 2 N–H and O–H groups in total. The van der Waals surface area contributed by atoms with Crippen LogP contribution in [0.15, 0.2) is 72.8 Å². The van der Waals surface area contributed by atoms with Gasteiger partial charge in [-0.1, -0.05) is 60.7 Å². The van der Waals surface area contributed by atoms with Gasteiger partial charge in [-0.15, -0.1) is 0 Å². The lowest BCUT2D eigenvalue weighted by Gasteiger charge is -2.09. The van der Waals surface area contributed by atoms with Gasteiger partial charge < -0.3 is 20.1 Å². The molecule has 0 aliphatic carbocycles. The fraction of sp³-hybridized carbons (Fsp3) is 0.208. The average molecular weight is 420 g/mol. The van der Waals surface area contributed by atoms with Crippen LogP contribution < -0.4 is 15.4 Å². The number of carbonyl (C=O) groups excluding carboxylic acids is 3. The number of benzene rings is 3. The predicted octanol–water partition coefficient (Wildman–Crippen LogP) is 2.24. The molecule has 0 saturated heterocycles. The van der Waals surface area contributed by atoms with E-state index in [-0.39, 0.29) is 25.4 Å². The van der Waals surface area contributed by atoms with Crippen LogP contribution in [0, 0.1) is 0 Å². The van der Waals surface area contributed by atoms with Crippen molar-refractivity contribution >= 4 is 28.6 Å². The molecule has 0 aliphatic rings. The Bertz CT molecular complexity index is 1030. The van der Waals surface area contributed by atoms with Crippen molar-refractivity contribution < 1.29 is 23.9 Å². The van der Waals surface area contributed by atoms with Crippen molar-refractivity contribution in [3.63, 3.8) is 0 Å². The number of hydrogen-bond acceptors (Lipinski definition) is 5. The van der Waals surface area contributed by atoms with Crippen LogP contribution in [0.4, 0.5) is 0 Å². The molecule has 2 amide bonds. The molecule has 0 radical (unpaired) electrons. The fourth-order valence-electron chi connectivity index (χ4n) is 2.98. The molecule has 160 valence electrons. The molecule has 0 atom stereocenters. The van der Waals surface area contributed by atoms with Crippen LogP contribution >= 0.6 is 0 Å². The highest BCUT2D eigenvalue weighted by molar-refractivity contribution is 5.91. The monoisotopic (exact) mass is 420 g/mol. The molecule has 3 aromatic carbocycles. The highest BCUT2D eigenvalue weighted by Gasteiger charge is 2.11. The van der Waals surface area contributed by atoms with E-state index in [1.807, 2.05) is 72.8 Å². The van der Waals surface area contributed by atoms with Gasteiger partial charge in [0, 0.05) is 0 Å². The van der Waals surface area contributed by atoms with Crippen LogP contribution in [-0.2, 0) is 25.5 Å². The topological polar surface area (TPSA) is 93.7 Å². The van der Waals surface area contributed by atoms with Crippen molar-refractivity contribution in [3.8, 4) is 5.75 Å². The van der Waals surface area contributed by atoms with Crippen molar-refractivity contribution in [1.82, 2.24) is 10.6 Å². The number of nitrogens with one attached hydrogen (secondary N) is 2. The van der Waals surface area contributed by atoms with Gasteiger partial charge in [0.2, 0.25) is 5.91 Å². The number of hydrogen-bond donors (Lipinski definition) is 2. The molecule has 0 heterocycles. The molecule has 0 bridgehead atoms. The number of esters is 1. The van der Waals surface area contributed by atoms with Gasteiger partial charge in [0.1, 0.15) is 18.9 Å². The minimum absolute atomic E-state index is 0.149. The first-order valence-electron chi connectivity index (χ1n) is 9.95. The first-order valence-corrected chi connectivity index (χ1v) is 9.95. The molecule has 3 rings (SSSR count). The number of rotatable bonds is 10. The summed E-state index contributed by atoms with van der Waals surface area (Å²) in [5.74, 6) is -0.702. The average Bonchev–Trinajstić information content (AvgIpc) is 2.80. The molecule has 3 aromatic rings. The highest BCUT2D eigenvalue weighted by Crippen LogP contribution is 2.18. The van der Waals surface area contributed by atoms with Crippen LogP contribution in [-0.4, -0.2) is 44.1 Å². The Kier molecular flexibility index (Phi) is 7.99. The maximum Gasteiger partial charge on any atom is 0.325 e. The van der Waals surface area contributed by atoms with Crippen LogP contribution in [0.5, 0.6) is 5.75 Å². The molecule has 0 spiro atoms. The van der Waals surface area contributed by atoms with Gasteiger partial charge in [-0.25, -0.2) is 0 Å². The Balaban J connectivity index is 1.31. The Labute approximate surface area is 180 Å². The summed E-state index contributed by atoms with van der Waals surface area (Å²) in [5.41, 5.74) is 0.876. The lowest BCUT2D eigenvalue weighted by molar-refractivity contribution is -0.148. The summed E-state index contributed by atoms with van der Waals surface area (Å²) in [5, 5.41) is 7.16. The third kappa shape index (κ3) is 7.15. The third-order valence-corrected chi connectivity index (χ3v) is 4.46. The van der Waals surface area contributed by atoms with Crippen molar-refractivity contribution in [2.75, 3.05) is 26.3 Å². The Morgan fingerprint density at radius 3 is 2.35 bits per heavy atom. The van der Waals surface area contributed by atoms with Gasteiger partial charge in [-0.05, 0) is 28.5 Å². The largest absolute Gasteiger partial charge is 0.492 e.